The summed E-state index contributed by atoms with van der Waals surface area (Å²) in [5.74, 6) is 3.81. The topological polar surface area (TPSA) is 32.3 Å². The number of carbonyl (C=O) groups is 1. The average Bonchev–Trinajstić information content (AvgIpc) is 2.33. The lowest BCUT2D eigenvalue weighted by atomic mass is 9.88. The van der Waals surface area contributed by atoms with Crippen LogP contribution in [0.15, 0.2) is 0 Å². The van der Waals surface area contributed by atoms with E-state index in [4.69, 9.17) is 0 Å². The summed E-state index contributed by atoms with van der Waals surface area (Å²) in [4.78, 5) is 14.3. The molecule has 0 aromatic rings. The highest BCUT2D eigenvalue weighted by molar-refractivity contribution is 7.99. The van der Waals surface area contributed by atoms with Gasteiger partial charge in [-0.3, -0.25) is 4.79 Å². The van der Waals surface area contributed by atoms with Crippen LogP contribution >= 0.6 is 11.8 Å². The third-order valence-corrected chi connectivity index (χ3v) is 4.93. The summed E-state index contributed by atoms with van der Waals surface area (Å²) >= 11 is 1.89. The fourth-order valence-electron chi connectivity index (χ4n) is 2.41. The van der Waals surface area contributed by atoms with E-state index in [1.54, 1.807) is 0 Å². The van der Waals surface area contributed by atoms with Crippen molar-refractivity contribution < 1.29 is 4.79 Å². The highest BCUT2D eigenvalue weighted by atomic mass is 32.2. The van der Waals surface area contributed by atoms with Gasteiger partial charge < -0.3 is 10.2 Å². The molecule has 4 heteroatoms. The van der Waals surface area contributed by atoms with Gasteiger partial charge in [0.05, 0.1) is 6.04 Å². The number of rotatable bonds is 1. The molecule has 0 bridgehead atoms. The zero-order chi connectivity index (χ0) is 11.5. The molecule has 2 fully saturated rings. The molecule has 2 aliphatic rings. The second kappa shape index (κ2) is 5.41. The normalized spacial score (nSPS) is 36.1. The molecule has 0 saturated carbocycles. The largest absolute Gasteiger partial charge is 0.341 e. The van der Waals surface area contributed by atoms with Gasteiger partial charge in [0.25, 0.3) is 0 Å². The Morgan fingerprint density at radius 2 is 2.19 bits per heavy atom. The van der Waals surface area contributed by atoms with E-state index in [0.717, 1.165) is 43.5 Å². The van der Waals surface area contributed by atoms with E-state index >= 15 is 0 Å². The van der Waals surface area contributed by atoms with Crippen LogP contribution in [0.25, 0.3) is 0 Å². The monoisotopic (exact) mass is 242 g/mol. The number of nitrogens with one attached hydrogen (secondary N) is 1. The molecule has 3 nitrogen and oxygen atoms in total. The van der Waals surface area contributed by atoms with E-state index in [2.05, 4.69) is 24.1 Å². The van der Waals surface area contributed by atoms with Crippen LogP contribution in [-0.4, -0.2) is 48.0 Å². The van der Waals surface area contributed by atoms with Crippen molar-refractivity contribution in [2.75, 3.05) is 31.1 Å². The number of amides is 1. The molecule has 3 atom stereocenters. The molecule has 2 aliphatic heterocycles. The molecule has 3 unspecified atom stereocenters. The molecule has 0 aliphatic carbocycles. The minimum Gasteiger partial charge on any atom is -0.341 e. The number of carbonyl (C=O) groups excluding carboxylic acids is 1. The summed E-state index contributed by atoms with van der Waals surface area (Å²) in [6.07, 6.45) is 1.16. The first-order valence-electron chi connectivity index (χ1n) is 6.28. The average molecular weight is 242 g/mol. The molecule has 2 saturated heterocycles. The molecule has 0 aromatic carbocycles. The molecule has 1 N–H and O–H groups in total. The van der Waals surface area contributed by atoms with E-state index in [1.807, 2.05) is 11.8 Å². The first kappa shape index (κ1) is 12.2. The number of hydrogen-bond donors (Lipinski definition) is 1. The molecule has 0 radical (unpaired) electrons. The predicted octanol–water partition coefficient (Wildman–Crippen LogP) is 1.20. The SMILES string of the molecule is CC1CCN(C(=O)C2CSCCN2)CC1C. The van der Waals surface area contributed by atoms with Gasteiger partial charge in [-0.25, -0.2) is 0 Å². The number of nitrogens with zero attached hydrogens (tertiary/aromatic N) is 1. The lowest BCUT2D eigenvalue weighted by Gasteiger charge is -2.37. The van der Waals surface area contributed by atoms with Crippen molar-refractivity contribution in [2.24, 2.45) is 11.8 Å². The standard InChI is InChI=1S/C12H22N2OS/c1-9-3-5-14(7-10(9)2)12(15)11-8-16-6-4-13-11/h9-11,13H,3-8H2,1-2H3. The van der Waals surface area contributed by atoms with Gasteiger partial charge >= 0.3 is 0 Å². The van der Waals surface area contributed by atoms with Crippen molar-refractivity contribution >= 4 is 17.7 Å². The molecule has 92 valence electrons. The van der Waals surface area contributed by atoms with Crippen molar-refractivity contribution in [2.45, 2.75) is 26.3 Å². The van der Waals surface area contributed by atoms with Crippen LogP contribution in [0.5, 0.6) is 0 Å². The molecule has 2 heterocycles. The summed E-state index contributed by atoms with van der Waals surface area (Å²) in [6, 6.07) is 0.0688. The van der Waals surface area contributed by atoms with E-state index < -0.39 is 0 Å². The summed E-state index contributed by atoms with van der Waals surface area (Å²) in [7, 11) is 0. The van der Waals surface area contributed by atoms with Gasteiger partial charge in [0.2, 0.25) is 5.91 Å². The van der Waals surface area contributed by atoms with Crippen LogP contribution in [0.1, 0.15) is 20.3 Å². The van der Waals surface area contributed by atoms with Gasteiger partial charge in [-0.15, -0.1) is 0 Å². The Balaban J connectivity index is 1.89. The van der Waals surface area contributed by atoms with Gasteiger partial charge in [-0.2, -0.15) is 11.8 Å². The van der Waals surface area contributed by atoms with Crippen LogP contribution < -0.4 is 5.32 Å². The third kappa shape index (κ3) is 2.72. The van der Waals surface area contributed by atoms with E-state index in [0.29, 0.717) is 11.8 Å². The predicted molar refractivity (Wildman–Crippen MR) is 68.6 cm³/mol. The lowest BCUT2D eigenvalue weighted by molar-refractivity contribution is -0.135. The Kier molecular flexibility index (Phi) is 4.14. The second-order valence-corrected chi connectivity index (χ2v) is 6.26. The molecule has 16 heavy (non-hydrogen) atoms. The van der Waals surface area contributed by atoms with E-state index in [-0.39, 0.29) is 6.04 Å². The van der Waals surface area contributed by atoms with Crippen molar-refractivity contribution in [3.8, 4) is 0 Å². The number of likely N-dealkylation sites (tertiary alicyclic amines) is 1. The van der Waals surface area contributed by atoms with Crippen molar-refractivity contribution in [1.82, 2.24) is 10.2 Å². The van der Waals surface area contributed by atoms with E-state index in [1.165, 1.54) is 0 Å². The summed E-state index contributed by atoms with van der Waals surface area (Å²) in [6.45, 7) is 7.42. The Hall–Kier alpha value is -0.220. The van der Waals surface area contributed by atoms with Gasteiger partial charge in [0.15, 0.2) is 0 Å². The van der Waals surface area contributed by atoms with Crippen LogP contribution in [0.2, 0.25) is 0 Å². The minimum absolute atomic E-state index is 0.0688. The summed E-state index contributed by atoms with van der Waals surface area (Å²) < 4.78 is 0. The fourth-order valence-corrected chi connectivity index (χ4v) is 3.33. The minimum atomic E-state index is 0.0688. The maximum atomic E-state index is 12.3. The summed E-state index contributed by atoms with van der Waals surface area (Å²) in [5.41, 5.74) is 0. The van der Waals surface area contributed by atoms with Crippen LogP contribution in [0, 0.1) is 11.8 Å². The Labute approximate surface area is 102 Å². The molecular formula is C12H22N2OS. The molecule has 0 aromatic heterocycles. The highest BCUT2D eigenvalue weighted by Crippen LogP contribution is 2.23. The zero-order valence-corrected chi connectivity index (χ0v) is 11.1. The number of hydrogen-bond acceptors (Lipinski definition) is 3. The van der Waals surface area contributed by atoms with Gasteiger partial charge in [-0.1, -0.05) is 13.8 Å². The van der Waals surface area contributed by atoms with Gasteiger partial charge in [-0.05, 0) is 18.3 Å². The van der Waals surface area contributed by atoms with Crippen molar-refractivity contribution in [3.63, 3.8) is 0 Å². The second-order valence-electron chi connectivity index (χ2n) is 5.11. The van der Waals surface area contributed by atoms with E-state index in [9.17, 15) is 4.79 Å². The molecule has 2 rings (SSSR count). The quantitative estimate of drug-likeness (QED) is 0.750. The van der Waals surface area contributed by atoms with Crippen molar-refractivity contribution in [3.05, 3.63) is 0 Å². The molecular weight excluding hydrogens is 220 g/mol. The van der Waals surface area contributed by atoms with Crippen molar-refractivity contribution in [1.29, 1.82) is 0 Å². The van der Waals surface area contributed by atoms with Crippen LogP contribution in [0.4, 0.5) is 0 Å². The zero-order valence-electron chi connectivity index (χ0n) is 10.2. The van der Waals surface area contributed by atoms with Crippen LogP contribution in [-0.2, 0) is 4.79 Å². The first-order chi connectivity index (χ1) is 7.68. The Morgan fingerprint density at radius 3 is 2.81 bits per heavy atom. The number of piperidine rings is 1. The lowest BCUT2D eigenvalue weighted by Crippen LogP contribution is -2.53. The third-order valence-electron chi connectivity index (χ3n) is 3.87. The van der Waals surface area contributed by atoms with Crippen LogP contribution in [0.3, 0.4) is 0 Å². The maximum absolute atomic E-state index is 12.3. The van der Waals surface area contributed by atoms with Gasteiger partial charge in [0.1, 0.15) is 0 Å². The maximum Gasteiger partial charge on any atom is 0.240 e. The Bertz CT molecular complexity index is 253. The van der Waals surface area contributed by atoms with Gasteiger partial charge in [0, 0.05) is 31.1 Å². The fraction of sp³-hybridized carbons (Fsp3) is 0.917. The smallest absolute Gasteiger partial charge is 0.240 e. The molecule has 0 spiro atoms. The Morgan fingerprint density at radius 1 is 1.38 bits per heavy atom. The highest BCUT2D eigenvalue weighted by Gasteiger charge is 2.30. The first-order valence-corrected chi connectivity index (χ1v) is 7.44. The number of thioether (sulfide) groups is 1. The summed E-state index contributed by atoms with van der Waals surface area (Å²) in [5, 5.41) is 3.33. The molecule has 1 amide bonds.